The van der Waals surface area contributed by atoms with Crippen LogP contribution in [0.25, 0.3) is 10.9 Å². The Labute approximate surface area is 164 Å². The molecule has 0 unspecified atom stereocenters. The molecule has 0 saturated carbocycles. The molecule has 1 fully saturated rings. The molecule has 0 aliphatic carbocycles. The zero-order chi connectivity index (χ0) is 19.5. The number of primary amides is 1. The van der Waals surface area contributed by atoms with Gasteiger partial charge in [0.05, 0.1) is 16.9 Å². The fourth-order valence-electron chi connectivity index (χ4n) is 3.79. The molecule has 2 aromatic heterocycles. The molecule has 3 aromatic rings. The van der Waals surface area contributed by atoms with Crippen LogP contribution >= 0.6 is 0 Å². The number of fused-ring (bicyclic) bond motifs is 1. The lowest BCUT2D eigenvalue weighted by atomic mass is 10.1. The smallest absolute Gasteiger partial charge is 0.237 e. The highest BCUT2D eigenvalue weighted by Gasteiger charge is 2.22. The number of rotatable bonds is 6. The summed E-state index contributed by atoms with van der Waals surface area (Å²) in [6.07, 6.45) is 7.63. The lowest BCUT2D eigenvalue weighted by molar-refractivity contribution is -0.118. The molecular formula is C21H25N5O2. The average Bonchev–Trinajstić information content (AvgIpc) is 3.07. The summed E-state index contributed by atoms with van der Waals surface area (Å²) < 4.78 is 8.18. The van der Waals surface area contributed by atoms with Gasteiger partial charge in [0.2, 0.25) is 5.91 Å². The maximum atomic E-state index is 11.2. The van der Waals surface area contributed by atoms with E-state index in [4.69, 9.17) is 10.5 Å². The Morgan fingerprint density at radius 1 is 1.25 bits per heavy atom. The van der Waals surface area contributed by atoms with Crippen LogP contribution in [0, 0.1) is 6.92 Å². The second kappa shape index (κ2) is 7.98. The predicted octanol–water partition coefficient (Wildman–Crippen LogP) is 2.27. The number of carbonyl (C=O) groups is 1. The molecule has 0 atom stereocenters. The van der Waals surface area contributed by atoms with E-state index in [1.807, 2.05) is 48.1 Å². The van der Waals surface area contributed by atoms with Crippen LogP contribution in [0.1, 0.15) is 24.2 Å². The Morgan fingerprint density at radius 2 is 2.07 bits per heavy atom. The lowest BCUT2D eigenvalue weighted by Crippen LogP contribution is -2.38. The van der Waals surface area contributed by atoms with Gasteiger partial charge in [0.25, 0.3) is 0 Å². The summed E-state index contributed by atoms with van der Waals surface area (Å²) in [5.74, 6) is 0.512. The van der Waals surface area contributed by atoms with Crippen molar-refractivity contribution < 1.29 is 9.53 Å². The zero-order valence-electron chi connectivity index (χ0n) is 16.0. The monoisotopic (exact) mass is 379 g/mol. The number of ether oxygens (including phenoxy) is 1. The van der Waals surface area contributed by atoms with Gasteiger partial charge in [-0.1, -0.05) is 6.07 Å². The van der Waals surface area contributed by atoms with E-state index in [0.29, 0.717) is 0 Å². The van der Waals surface area contributed by atoms with Gasteiger partial charge in [0, 0.05) is 43.6 Å². The fourth-order valence-corrected chi connectivity index (χ4v) is 3.79. The number of likely N-dealkylation sites (tertiary alicyclic amines) is 1. The number of aryl methyl sites for hydroxylation is 1. The molecule has 1 saturated heterocycles. The normalized spacial score (nSPS) is 15.8. The first-order chi connectivity index (χ1) is 13.6. The molecule has 1 aromatic carbocycles. The quantitative estimate of drug-likeness (QED) is 0.710. The third-order valence-electron chi connectivity index (χ3n) is 5.12. The molecule has 146 valence electrons. The molecule has 7 nitrogen and oxygen atoms in total. The summed E-state index contributed by atoms with van der Waals surface area (Å²) >= 11 is 0. The third-order valence-corrected chi connectivity index (χ3v) is 5.12. The summed E-state index contributed by atoms with van der Waals surface area (Å²) in [7, 11) is 0. The molecule has 2 N–H and O–H groups in total. The lowest BCUT2D eigenvalue weighted by Gasteiger charge is -2.32. The number of amides is 1. The Kier molecular flexibility index (Phi) is 5.25. The first kappa shape index (κ1) is 18.4. The number of nitrogens with zero attached hydrogens (tertiary/aromatic N) is 4. The van der Waals surface area contributed by atoms with E-state index in [-0.39, 0.29) is 18.6 Å². The van der Waals surface area contributed by atoms with Crippen LogP contribution in [-0.4, -0.2) is 44.5 Å². The van der Waals surface area contributed by atoms with E-state index >= 15 is 0 Å². The van der Waals surface area contributed by atoms with Gasteiger partial charge in [-0.3, -0.25) is 19.7 Å². The van der Waals surface area contributed by atoms with Gasteiger partial charge in [-0.25, -0.2) is 0 Å². The van der Waals surface area contributed by atoms with Gasteiger partial charge in [-0.05, 0) is 38.0 Å². The zero-order valence-corrected chi connectivity index (χ0v) is 16.0. The molecular weight excluding hydrogens is 354 g/mol. The third kappa shape index (κ3) is 4.14. The molecule has 3 heterocycles. The van der Waals surface area contributed by atoms with Gasteiger partial charge in [-0.15, -0.1) is 0 Å². The predicted molar refractivity (Wildman–Crippen MR) is 107 cm³/mol. The summed E-state index contributed by atoms with van der Waals surface area (Å²) in [4.78, 5) is 22.4. The molecule has 0 radical (unpaired) electrons. The maximum Gasteiger partial charge on any atom is 0.237 e. The van der Waals surface area contributed by atoms with Crippen LogP contribution < -0.4 is 10.5 Å². The van der Waals surface area contributed by atoms with Crippen LogP contribution in [0.2, 0.25) is 0 Å². The number of aromatic nitrogens is 3. The van der Waals surface area contributed by atoms with Crippen LogP contribution in [0.15, 0.2) is 42.9 Å². The number of nitrogens with two attached hydrogens (primary N) is 1. The van der Waals surface area contributed by atoms with Gasteiger partial charge < -0.3 is 15.0 Å². The van der Waals surface area contributed by atoms with Gasteiger partial charge in [-0.2, -0.15) is 0 Å². The van der Waals surface area contributed by atoms with Crippen molar-refractivity contribution in [3.63, 3.8) is 0 Å². The summed E-state index contributed by atoms with van der Waals surface area (Å²) in [6, 6.07) is 7.92. The van der Waals surface area contributed by atoms with E-state index in [1.165, 1.54) is 0 Å². The van der Waals surface area contributed by atoms with Crippen LogP contribution in [0.3, 0.4) is 0 Å². The average molecular weight is 379 g/mol. The molecule has 0 spiro atoms. The van der Waals surface area contributed by atoms with Gasteiger partial charge in [0.15, 0.2) is 0 Å². The maximum absolute atomic E-state index is 11.2. The van der Waals surface area contributed by atoms with Crippen molar-refractivity contribution >= 4 is 16.8 Å². The highest BCUT2D eigenvalue weighted by atomic mass is 16.5. The van der Waals surface area contributed by atoms with Crippen LogP contribution in [0.4, 0.5) is 0 Å². The number of hydrogen-bond acceptors (Lipinski definition) is 5. The molecule has 28 heavy (non-hydrogen) atoms. The molecule has 7 heteroatoms. The topological polar surface area (TPSA) is 86.3 Å². The van der Waals surface area contributed by atoms with Crippen molar-refractivity contribution in [3.8, 4) is 5.75 Å². The number of hydrogen-bond donors (Lipinski definition) is 1. The molecule has 4 rings (SSSR count). The van der Waals surface area contributed by atoms with E-state index in [2.05, 4.69) is 14.9 Å². The SMILES string of the molecule is Cc1cncc(CN2CCC(Oc3cccc4c3ccn4CC(N)=O)CC2)n1. The first-order valence-corrected chi connectivity index (χ1v) is 9.61. The fraction of sp³-hybridized carbons (Fsp3) is 0.381. The molecule has 1 amide bonds. The summed E-state index contributed by atoms with van der Waals surface area (Å²) in [6.45, 7) is 4.91. The van der Waals surface area contributed by atoms with Crippen molar-refractivity contribution in [2.75, 3.05) is 13.1 Å². The van der Waals surface area contributed by atoms with Crippen molar-refractivity contribution in [1.82, 2.24) is 19.4 Å². The number of benzene rings is 1. The largest absolute Gasteiger partial charge is 0.490 e. The van der Waals surface area contributed by atoms with Crippen molar-refractivity contribution in [2.24, 2.45) is 5.73 Å². The molecule has 1 aliphatic heterocycles. The minimum atomic E-state index is -0.352. The Morgan fingerprint density at radius 3 is 2.82 bits per heavy atom. The van der Waals surface area contributed by atoms with Crippen LogP contribution in [0.5, 0.6) is 5.75 Å². The Balaban J connectivity index is 1.38. The summed E-state index contributed by atoms with van der Waals surface area (Å²) in [5.41, 5.74) is 8.26. The number of piperidine rings is 1. The minimum absolute atomic E-state index is 0.174. The van der Waals surface area contributed by atoms with E-state index in [9.17, 15) is 4.79 Å². The van der Waals surface area contributed by atoms with E-state index < -0.39 is 0 Å². The second-order valence-electron chi connectivity index (χ2n) is 7.34. The molecule has 0 bridgehead atoms. The second-order valence-corrected chi connectivity index (χ2v) is 7.34. The Hall–Kier alpha value is -2.93. The van der Waals surface area contributed by atoms with E-state index in [1.54, 1.807) is 6.20 Å². The van der Waals surface area contributed by atoms with Crippen molar-refractivity contribution in [2.45, 2.75) is 39.0 Å². The first-order valence-electron chi connectivity index (χ1n) is 9.61. The Bertz CT molecular complexity index is 976. The highest BCUT2D eigenvalue weighted by Crippen LogP contribution is 2.29. The highest BCUT2D eigenvalue weighted by molar-refractivity contribution is 5.87. The minimum Gasteiger partial charge on any atom is -0.490 e. The summed E-state index contributed by atoms with van der Waals surface area (Å²) in [5, 5.41) is 1.02. The van der Waals surface area contributed by atoms with E-state index in [0.717, 1.165) is 60.5 Å². The van der Waals surface area contributed by atoms with Gasteiger partial charge in [0.1, 0.15) is 18.4 Å². The van der Waals surface area contributed by atoms with Gasteiger partial charge >= 0.3 is 0 Å². The molecule has 1 aliphatic rings. The number of carbonyl (C=O) groups excluding carboxylic acids is 1. The van der Waals surface area contributed by atoms with Crippen molar-refractivity contribution in [1.29, 1.82) is 0 Å². The standard InChI is InChI=1S/C21H25N5O2/c1-15-11-23-12-16(24-15)13-25-8-5-17(6-9-25)28-20-4-2-3-19-18(20)7-10-26(19)14-21(22)27/h2-4,7,10-12,17H,5-6,8-9,13-14H2,1H3,(H2,22,27). The van der Waals surface area contributed by atoms with Crippen molar-refractivity contribution in [3.05, 3.63) is 54.2 Å². The van der Waals surface area contributed by atoms with Crippen LogP contribution in [-0.2, 0) is 17.9 Å².